The highest BCUT2D eigenvalue weighted by Gasteiger charge is 2.37. The van der Waals surface area contributed by atoms with E-state index in [1.54, 1.807) is 36.4 Å². The van der Waals surface area contributed by atoms with Gasteiger partial charge in [-0.05, 0) is 37.3 Å². The maximum Gasteiger partial charge on any atom is 0.339 e. The predicted octanol–water partition coefficient (Wildman–Crippen LogP) is 4.69. The Morgan fingerprint density at radius 2 is 1.96 bits per heavy atom. The minimum Gasteiger partial charge on any atom is -0.465 e. The molecule has 0 radical (unpaired) electrons. The maximum absolute atomic E-state index is 11.7. The third-order valence-electron chi connectivity index (χ3n) is 4.21. The van der Waals surface area contributed by atoms with Crippen LogP contribution in [0, 0.1) is 11.3 Å². The van der Waals surface area contributed by atoms with Gasteiger partial charge in [-0.3, -0.25) is 0 Å². The normalized spacial score (nSPS) is 18.7. The first-order chi connectivity index (χ1) is 12.4. The van der Waals surface area contributed by atoms with Crippen molar-refractivity contribution in [1.82, 2.24) is 0 Å². The van der Waals surface area contributed by atoms with Gasteiger partial charge in [0.1, 0.15) is 6.07 Å². The van der Waals surface area contributed by atoms with Gasteiger partial charge < -0.3 is 9.57 Å². The molecule has 26 heavy (non-hydrogen) atoms. The highest BCUT2D eigenvalue weighted by Crippen LogP contribution is 2.38. The number of benzene rings is 2. The lowest BCUT2D eigenvalue weighted by Gasteiger charge is -2.22. The molecule has 2 aromatic carbocycles. The van der Waals surface area contributed by atoms with Gasteiger partial charge in [0, 0.05) is 27.6 Å². The molecule has 0 saturated heterocycles. The lowest BCUT2D eigenvalue weighted by molar-refractivity contribution is -0.00737. The van der Waals surface area contributed by atoms with E-state index in [-0.39, 0.29) is 11.1 Å². The molecular weight excluding hydrogens is 375 g/mol. The first-order valence-electron chi connectivity index (χ1n) is 7.71. The smallest absolute Gasteiger partial charge is 0.339 e. The van der Waals surface area contributed by atoms with Crippen molar-refractivity contribution in [2.45, 2.75) is 18.9 Å². The number of hydrogen-bond donors (Lipinski definition) is 0. The molecule has 0 fully saturated rings. The maximum atomic E-state index is 11.7. The highest BCUT2D eigenvalue weighted by atomic mass is 35.5. The zero-order valence-electron chi connectivity index (χ0n) is 14.0. The number of carbonyl (C=O) groups is 1. The lowest BCUT2D eigenvalue weighted by atomic mass is 9.88. The van der Waals surface area contributed by atoms with Crippen molar-refractivity contribution in [2.24, 2.45) is 5.16 Å². The first kappa shape index (κ1) is 18.2. The van der Waals surface area contributed by atoms with E-state index < -0.39 is 11.6 Å². The quantitative estimate of drug-likeness (QED) is 0.714. The van der Waals surface area contributed by atoms with Crippen LogP contribution in [-0.4, -0.2) is 18.8 Å². The Balaban J connectivity index is 1.91. The molecule has 0 bridgehead atoms. The minimum atomic E-state index is -0.725. The van der Waals surface area contributed by atoms with Crippen LogP contribution in [0.2, 0.25) is 10.0 Å². The number of nitriles is 1. The molecule has 1 heterocycles. The Bertz CT molecular complexity index is 945. The summed E-state index contributed by atoms with van der Waals surface area (Å²) in [6, 6.07) is 12.1. The van der Waals surface area contributed by atoms with Crippen LogP contribution in [-0.2, 0) is 15.2 Å². The van der Waals surface area contributed by atoms with Gasteiger partial charge >= 0.3 is 5.97 Å². The SMILES string of the molecule is COC(=O)c1ccc(C2=NOC(C)(c3cc(Cl)cc(Cl)c3)C2)cc1C#N. The number of halogens is 2. The van der Waals surface area contributed by atoms with Gasteiger partial charge in [-0.1, -0.05) is 34.4 Å². The monoisotopic (exact) mass is 388 g/mol. The van der Waals surface area contributed by atoms with E-state index in [4.69, 9.17) is 28.0 Å². The summed E-state index contributed by atoms with van der Waals surface area (Å²) >= 11 is 12.2. The number of esters is 1. The fraction of sp³-hybridized carbons (Fsp3) is 0.211. The average Bonchev–Trinajstić information content (AvgIpc) is 3.03. The molecule has 0 spiro atoms. The van der Waals surface area contributed by atoms with E-state index in [0.29, 0.717) is 27.7 Å². The lowest BCUT2D eigenvalue weighted by Crippen LogP contribution is -2.22. The Labute approximate surface area is 160 Å². The van der Waals surface area contributed by atoms with Crippen LogP contribution in [0.5, 0.6) is 0 Å². The van der Waals surface area contributed by atoms with E-state index >= 15 is 0 Å². The molecule has 0 N–H and O–H groups in total. The van der Waals surface area contributed by atoms with Crippen LogP contribution in [0.1, 0.15) is 40.4 Å². The number of oxime groups is 1. The molecule has 7 heteroatoms. The van der Waals surface area contributed by atoms with E-state index in [2.05, 4.69) is 9.89 Å². The van der Waals surface area contributed by atoms with Crippen molar-refractivity contribution in [1.29, 1.82) is 5.26 Å². The molecule has 3 rings (SSSR count). The van der Waals surface area contributed by atoms with E-state index in [1.165, 1.54) is 7.11 Å². The minimum absolute atomic E-state index is 0.211. The fourth-order valence-corrected chi connectivity index (χ4v) is 3.34. The van der Waals surface area contributed by atoms with Crippen molar-refractivity contribution in [3.63, 3.8) is 0 Å². The molecule has 1 atom stereocenters. The Morgan fingerprint density at radius 3 is 2.58 bits per heavy atom. The summed E-state index contributed by atoms with van der Waals surface area (Å²) in [4.78, 5) is 17.4. The highest BCUT2D eigenvalue weighted by molar-refractivity contribution is 6.34. The third-order valence-corrected chi connectivity index (χ3v) is 4.65. The van der Waals surface area contributed by atoms with Gasteiger partial charge in [0.15, 0.2) is 5.60 Å². The zero-order valence-corrected chi connectivity index (χ0v) is 15.6. The summed E-state index contributed by atoms with van der Waals surface area (Å²) in [7, 11) is 1.27. The third kappa shape index (κ3) is 3.39. The van der Waals surface area contributed by atoms with Gasteiger partial charge in [-0.15, -0.1) is 0 Å². The zero-order chi connectivity index (χ0) is 18.9. The topological polar surface area (TPSA) is 71.7 Å². The summed E-state index contributed by atoms with van der Waals surface area (Å²) in [5, 5.41) is 14.5. The van der Waals surface area contributed by atoms with Crippen molar-refractivity contribution < 1.29 is 14.4 Å². The molecule has 1 unspecified atom stereocenters. The molecule has 132 valence electrons. The second-order valence-electron chi connectivity index (χ2n) is 6.06. The second kappa shape index (κ2) is 6.99. The van der Waals surface area contributed by atoms with Crippen molar-refractivity contribution in [2.75, 3.05) is 7.11 Å². The number of nitrogens with zero attached hydrogens (tertiary/aromatic N) is 2. The summed E-state index contributed by atoms with van der Waals surface area (Å²) in [5.41, 5.74) is 1.87. The van der Waals surface area contributed by atoms with Gasteiger partial charge in [-0.25, -0.2) is 4.79 Å². The molecular formula is C19H14Cl2N2O3. The van der Waals surface area contributed by atoms with Crippen LogP contribution in [0.25, 0.3) is 0 Å². The standard InChI is InChI=1S/C19H14Cl2N2O3/c1-19(13-6-14(20)8-15(21)7-13)9-17(23-26-19)11-3-4-16(18(24)25-2)12(5-11)10-22/h3-8H,9H2,1-2H3. The molecule has 0 aromatic heterocycles. The number of ether oxygens (including phenoxy) is 1. The molecule has 2 aromatic rings. The van der Waals surface area contributed by atoms with Crippen LogP contribution >= 0.6 is 23.2 Å². The van der Waals surface area contributed by atoms with Gasteiger partial charge in [-0.2, -0.15) is 5.26 Å². The number of hydrogen-bond acceptors (Lipinski definition) is 5. The van der Waals surface area contributed by atoms with E-state index in [1.807, 2.05) is 13.0 Å². The van der Waals surface area contributed by atoms with Crippen molar-refractivity contribution in [3.05, 3.63) is 68.7 Å². The molecule has 5 nitrogen and oxygen atoms in total. The van der Waals surface area contributed by atoms with Crippen LogP contribution in [0.15, 0.2) is 41.6 Å². The summed E-state index contributed by atoms with van der Waals surface area (Å²) < 4.78 is 4.69. The Morgan fingerprint density at radius 1 is 1.27 bits per heavy atom. The van der Waals surface area contributed by atoms with E-state index in [0.717, 1.165) is 5.56 Å². The Kier molecular flexibility index (Phi) is 4.90. The first-order valence-corrected chi connectivity index (χ1v) is 8.46. The van der Waals surface area contributed by atoms with Crippen molar-refractivity contribution in [3.8, 4) is 6.07 Å². The fourth-order valence-electron chi connectivity index (χ4n) is 2.81. The Hall–Kier alpha value is -2.55. The second-order valence-corrected chi connectivity index (χ2v) is 6.93. The summed E-state index contributed by atoms with van der Waals surface area (Å²) in [6.45, 7) is 1.89. The molecule has 0 amide bonds. The van der Waals surface area contributed by atoms with Gasteiger partial charge in [0.2, 0.25) is 0 Å². The molecule has 0 aliphatic carbocycles. The molecule has 0 saturated carbocycles. The average molecular weight is 389 g/mol. The van der Waals surface area contributed by atoms with Gasteiger partial charge in [0.05, 0.1) is 23.9 Å². The number of rotatable bonds is 3. The molecule has 1 aliphatic heterocycles. The summed E-state index contributed by atoms with van der Waals surface area (Å²) in [5.74, 6) is -0.559. The van der Waals surface area contributed by atoms with Crippen LogP contribution in [0.4, 0.5) is 0 Å². The largest absolute Gasteiger partial charge is 0.465 e. The van der Waals surface area contributed by atoms with E-state index in [9.17, 15) is 10.1 Å². The summed E-state index contributed by atoms with van der Waals surface area (Å²) in [6.07, 6.45) is 0.464. The number of carbonyl (C=O) groups excluding carboxylic acids is 1. The predicted molar refractivity (Wildman–Crippen MR) is 98.5 cm³/mol. The van der Waals surface area contributed by atoms with Crippen LogP contribution in [0.3, 0.4) is 0 Å². The van der Waals surface area contributed by atoms with Crippen LogP contribution < -0.4 is 0 Å². The molecule has 1 aliphatic rings. The van der Waals surface area contributed by atoms with Gasteiger partial charge in [0.25, 0.3) is 0 Å². The van der Waals surface area contributed by atoms with Crippen molar-refractivity contribution >= 4 is 34.9 Å². The number of methoxy groups -OCH3 is 1.